The van der Waals surface area contributed by atoms with E-state index in [1.807, 2.05) is 6.08 Å². The van der Waals surface area contributed by atoms with Crippen LogP contribution in [0.15, 0.2) is 59.8 Å². The van der Waals surface area contributed by atoms with Gasteiger partial charge in [0.1, 0.15) is 0 Å². The fourth-order valence-electron chi connectivity index (χ4n) is 2.74. The molecular weight excluding hydrogens is 240 g/mol. The highest BCUT2D eigenvalue weighted by Gasteiger charge is 2.26. The Labute approximate surface area is 125 Å². The summed E-state index contributed by atoms with van der Waals surface area (Å²) in [5.74, 6) is 0.435. The molecule has 1 aliphatic rings. The van der Waals surface area contributed by atoms with Crippen LogP contribution in [0.1, 0.15) is 53.9 Å². The molecule has 0 spiro atoms. The number of rotatable bonds is 5. The Balaban J connectivity index is 2.78. The van der Waals surface area contributed by atoms with E-state index in [-0.39, 0.29) is 0 Å². The Morgan fingerprint density at radius 1 is 1.35 bits per heavy atom. The van der Waals surface area contributed by atoms with Crippen molar-refractivity contribution in [3.8, 4) is 0 Å². The fraction of sp³-hybridized carbons (Fsp3) is 0.500. The lowest BCUT2D eigenvalue weighted by Gasteiger charge is -2.32. The van der Waals surface area contributed by atoms with Crippen molar-refractivity contribution in [2.24, 2.45) is 11.3 Å². The first-order valence-electron chi connectivity index (χ1n) is 7.73. The van der Waals surface area contributed by atoms with Gasteiger partial charge < -0.3 is 0 Å². The zero-order chi connectivity index (χ0) is 15.2. The molecule has 0 aromatic carbocycles. The standard InChI is InChI=1S/C20H30/c1-7-16(2)10-8-11-17(3)13-14-19-18(4)12-9-15-20(19,5)6/h7-8,10-11,13-14,16H,1,9,12,15H2,2-6H3/b10-8+,14-13+,17-11+. The monoisotopic (exact) mass is 270 g/mol. The molecule has 110 valence electrons. The lowest BCUT2D eigenvalue weighted by molar-refractivity contribution is 0.377. The summed E-state index contributed by atoms with van der Waals surface area (Å²) in [7, 11) is 0. The average molecular weight is 270 g/mol. The van der Waals surface area contributed by atoms with Crippen LogP contribution in [0.3, 0.4) is 0 Å². The molecule has 0 nitrogen and oxygen atoms in total. The molecule has 0 fully saturated rings. The number of hydrogen-bond donors (Lipinski definition) is 0. The topological polar surface area (TPSA) is 0 Å². The Bertz CT molecular complexity index is 452. The minimum Gasteiger partial charge on any atom is -0.102 e. The van der Waals surface area contributed by atoms with E-state index in [9.17, 15) is 0 Å². The molecule has 0 bridgehead atoms. The van der Waals surface area contributed by atoms with Gasteiger partial charge in [0.25, 0.3) is 0 Å². The van der Waals surface area contributed by atoms with Crippen LogP contribution in [-0.2, 0) is 0 Å². The molecule has 0 amide bonds. The van der Waals surface area contributed by atoms with Crippen LogP contribution >= 0.6 is 0 Å². The molecule has 1 unspecified atom stereocenters. The fourth-order valence-corrected chi connectivity index (χ4v) is 2.74. The van der Waals surface area contributed by atoms with E-state index in [2.05, 4.69) is 71.6 Å². The van der Waals surface area contributed by atoms with Gasteiger partial charge in [-0.1, -0.05) is 68.4 Å². The first-order chi connectivity index (χ1) is 9.36. The third kappa shape index (κ3) is 5.00. The van der Waals surface area contributed by atoms with Crippen molar-refractivity contribution >= 4 is 0 Å². The van der Waals surface area contributed by atoms with E-state index in [0.717, 1.165) is 0 Å². The average Bonchev–Trinajstić information content (AvgIpc) is 2.37. The van der Waals surface area contributed by atoms with Gasteiger partial charge in [-0.3, -0.25) is 0 Å². The van der Waals surface area contributed by atoms with Gasteiger partial charge in [-0.05, 0) is 50.0 Å². The minimum absolute atomic E-state index is 0.326. The van der Waals surface area contributed by atoms with Gasteiger partial charge >= 0.3 is 0 Å². The zero-order valence-electron chi connectivity index (χ0n) is 13.9. The van der Waals surface area contributed by atoms with E-state index >= 15 is 0 Å². The van der Waals surface area contributed by atoms with Crippen molar-refractivity contribution in [3.05, 3.63) is 59.8 Å². The van der Waals surface area contributed by atoms with Crippen LogP contribution in [-0.4, -0.2) is 0 Å². The molecule has 0 aliphatic heterocycles. The van der Waals surface area contributed by atoms with Crippen molar-refractivity contribution in [3.63, 3.8) is 0 Å². The van der Waals surface area contributed by atoms with E-state index in [1.54, 1.807) is 5.57 Å². The van der Waals surface area contributed by atoms with Crippen molar-refractivity contribution in [2.45, 2.75) is 53.9 Å². The molecule has 0 N–H and O–H groups in total. The second-order valence-corrected chi connectivity index (χ2v) is 6.66. The van der Waals surface area contributed by atoms with Crippen molar-refractivity contribution in [1.29, 1.82) is 0 Å². The quantitative estimate of drug-likeness (QED) is 0.401. The summed E-state index contributed by atoms with van der Waals surface area (Å²) in [5.41, 5.74) is 4.70. The second kappa shape index (κ2) is 7.47. The van der Waals surface area contributed by atoms with Gasteiger partial charge in [-0.25, -0.2) is 0 Å². The van der Waals surface area contributed by atoms with Crippen molar-refractivity contribution in [1.82, 2.24) is 0 Å². The van der Waals surface area contributed by atoms with E-state index < -0.39 is 0 Å². The molecular formula is C20H30. The molecule has 0 heterocycles. The van der Waals surface area contributed by atoms with Crippen LogP contribution in [0.2, 0.25) is 0 Å². The smallest absolute Gasteiger partial charge is 0.00814 e. The highest BCUT2D eigenvalue weighted by Crippen LogP contribution is 2.40. The van der Waals surface area contributed by atoms with Gasteiger partial charge in [0.15, 0.2) is 0 Å². The maximum absolute atomic E-state index is 3.79. The summed E-state index contributed by atoms with van der Waals surface area (Å²) < 4.78 is 0. The van der Waals surface area contributed by atoms with Gasteiger partial charge in [-0.15, -0.1) is 6.58 Å². The van der Waals surface area contributed by atoms with Crippen LogP contribution < -0.4 is 0 Å². The van der Waals surface area contributed by atoms with E-state index in [0.29, 0.717) is 11.3 Å². The van der Waals surface area contributed by atoms with Crippen molar-refractivity contribution in [2.75, 3.05) is 0 Å². The summed E-state index contributed by atoms with van der Waals surface area (Å²) in [6.07, 6.45) is 16.9. The summed E-state index contributed by atoms with van der Waals surface area (Å²) in [4.78, 5) is 0. The third-order valence-electron chi connectivity index (χ3n) is 4.20. The second-order valence-electron chi connectivity index (χ2n) is 6.66. The Morgan fingerprint density at radius 3 is 2.65 bits per heavy atom. The normalized spacial score (nSPS) is 21.8. The number of allylic oxidation sites excluding steroid dienone is 9. The zero-order valence-corrected chi connectivity index (χ0v) is 13.9. The summed E-state index contributed by atoms with van der Waals surface area (Å²) >= 11 is 0. The van der Waals surface area contributed by atoms with Crippen LogP contribution in [0.25, 0.3) is 0 Å². The molecule has 0 radical (unpaired) electrons. The SMILES string of the molecule is C=CC(C)/C=C/C=C(C)/C=C/C1=C(C)CCCC1(C)C. The summed E-state index contributed by atoms with van der Waals surface area (Å²) in [6.45, 7) is 15.1. The highest BCUT2D eigenvalue weighted by atomic mass is 14.3. The molecule has 0 heteroatoms. The molecule has 1 atom stereocenters. The molecule has 0 aromatic heterocycles. The lowest BCUT2D eigenvalue weighted by Crippen LogP contribution is -2.19. The molecule has 0 aromatic rings. The number of hydrogen-bond acceptors (Lipinski definition) is 0. The van der Waals surface area contributed by atoms with Gasteiger partial charge in [-0.2, -0.15) is 0 Å². The Kier molecular flexibility index (Phi) is 6.26. The Hall–Kier alpha value is -1.30. The molecule has 0 saturated heterocycles. The predicted octanol–water partition coefficient (Wildman–Crippen LogP) is 6.39. The van der Waals surface area contributed by atoms with Crippen LogP contribution in [0, 0.1) is 11.3 Å². The van der Waals surface area contributed by atoms with Crippen molar-refractivity contribution < 1.29 is 0 Å². The molecule has 20 heavy (non-hydrogen) atoms. The first-order valence-corrected chi connectivity index (χ1v) is 7.73. The van der Waals surface area contributed by atoms with Crippen LogP contribution in [0.5, 0.6) is 0 Å². The van der Waals surface area contributed by atoms with Gasteiger partial charge in [0.2, 0.25) is 0 Å². The summed E-state index contributed by atoms with van der Waals surface area (Å²) in [5, 5.41) is 0. The summed E-state index contributed by atoms with van der Waals surface area (Å²) in [6, 6.07) is 0. The largest absolute Gasteiger partial charge is 0.102 e. The van der Waals surface area contributed by atoms with E-state index in [1.165, 1.54) is 30.4 Å². The lowest BCUT2D eigenvalue weighted by atomic mass is 9.72. The Morgan fingerprint density at radius 2 is 2.05 bits per heavy atom. The van der Waals surface area contributed by atoms with E-state index in [4.69, 9.17) is 0 Å². The maximum Gasteiger partial charge on any atom is -0.00814 e. The molecule has 1 rings (SSSR count). The minimum atomic E-state index is 0.326. The van der Waals surface area contributed by atoms with Crippen LogP contribution in [0.4, 0.5) is 0 Å². The predicted molar refractivity (Wildman–Crippen MR) is 91.7 cm³/mol. The molecule has 0 saturated carbocycles. The van der Waals surface area contributed by atoms with Gasteiger partial charge in [0.05, 0.1) is 0 Å². The molecule has 1 aliphatic carbocycles. The van der Waals surface area contributed by atoms with Gasteiger partial charge in [0, 0.05) is 0 Å². The third-order valence-corrected chi connectivity index (χ3v) is 4.20. The maximum atomic E-state index is 3.79. The highest BCUT2D eigenvalue weighted by molar-refractivity contribution is 5.36. The first kappa shape index (κ1) is 16.8.